The smallest absolute Gasteiger partial charge is 0.344 e. The lowest BCUT2D eigenvalue weighted by atomic mass is 9.80. The highest BCUT2D eigenvalue weighted by molar-refractivity contribution is 6.31. The largest absolute Gasteiger partial charge is 0.439 e. The number of allylic oxidation sites excluding steroid dienone is 1. The van der Waals surface area contributed by atoms with E-state index in [4.69, 9.17) is 32.4 Å². The van der Waals surface area contributed by atoms with Crippen LogP contribution in [0.15, 0.2) is 124 Å². The Bertz CT molecular complexity index is 1760. The lowest BCUT2D eigenvalue weighted by molar-refractivity contribution is 0.102. The zero-order valence-corrected chi connectivity index (χ0v) is 21.3. The highest BCUT2D eigenvalue weighted by atomic mass is 35.5. The third kappa shape index (κ3) is 4.36. The van der Waals surface area contributed by atoms with E-state index in [-0.39, 0.29) is 22.8 Å². The van der Waals surface area contributed by atoms with E-state index in [9.17, 15) is 9.59 Å². The zero-order valence-electron chi connectivity index (χ0n) is 19.8. The lowest BCUT2D eigenvalue weighted by Crippen LogP contribution is -2.30. The maximum absolute atomic E-state index is 14.2. The second-order valence-electron chi connectivity index (χ2n) is 8.78. The van der Waals surface area contributed by atoms with Crippen molar-refractivity contribution < 1.29 is 13.9 Å². The summed E-state index contributed by atoms with van der Waals surface area (Å²) >= 11 is 12.3. The van der Waals surface area contributed by atoms with Crippen molar-refractivity contribution in [1.82, 2.24) is 0 Å². The number of hydrogen-bond acceptors (Lipinski definition) is 5. The van der Waals surface area contributed by atoms with E-state index in [0.29, 0.717) is 37.9 Å². The SMILES string of the molecule is O=C(C1=C(Nc2ccccc2)Oc2c(c(=O)oc3ccccc23)C1c1ccc(Cl)cc1)c1ccc(Cl)cc1. The molecule has 38 heavy (non-hydrogen) atoms. The third-order valence-electron chi connectivity index (χ3n) is 6.41. The summed E-state index contributed by atoms with van der Waals surface area (Å²) in [5.41, 5.74) is 2.10. The van der Waals surface area contributed by atoms with Gasteiger partial charge in [-0.25, -0.2) is 4.79 Å². The first-order valence-corrected chi connectivity index (χ1v) is 12.6. The standard InChI is InChI=1S/C31H19Cl2NO4/c32-20-14-10-18(11-15-20)25-26(28(35)19-12-16-21(33)17-13-19)30(34-22-6-2-1-3-7-22)38-29-23-8-4-5-9-24(23)37-31(36)27(25)29/h1-17,25,34H. The minimum atomic E-state index is -0.800. The molecular formula is C31H19Cl2NO4. The molecule has 5 aromatic rings. The fourth-order valence-corrected chi connectivity index (χ4v) is 4.90. The van der Waals surface area contributed by atoms with Gasteiger partial charge in [-0.2, -0.15) is 0 Å². The number of hydrogen-bond donors (Lipinski definition) is 1. The van der Waals surface area contributed by atoms with E-state index in [0.717, 1.165) is 5.69 Å². The molecule has 2 heterocycles. The third-order valence-corrected chi connectivity index (χ3v) is 6.91. The summed E-state index contributed by atoms with van der Waals surface area (Å²) in [5.74, 6) is -0.563. The fraction of sp³-hybridized carbons (Fsp3) is 0.0323. The fourth-order valence-electron chi connectivity index (χ4n) is 4.65. The van der Waals surface area contributed by atoms with Crippen molar-refractivity contribution in [2.24, 2.45) is 0 Å². The van der Waals surface area contributed by atoms with E-state index in [1.54, 1.807) is 60.7 Å². The van der Waals surface area contributed by atoms with Gasteiger partial charge in [0, 0.05) is 21.3 Å². The molecule has 0 bridgehead atoms. The van der Waals surface area contributed by atoms with Gasteiger partial charge in [-0.15, -0.1) is 0 Å². The number of rotatable bonds is 5. The predicted molar refractivity (Wildman–Crippen MR) is 149 cm³/mol. The Kier molecular flexibility index (Phi) is 6.24. The van der Waals surface area contributed by atoms with Gasteiger partial charge in [0.1, 0.15) is 5.58 Å². The van der Waals surface area contributed by atoms with Crippen LogP contribution in [0.2, 0.25) is 10.0 Å². The Morgan fingerprint density at radius 3 is 2.11 bits per heavy atom. The molecule has 1 aliphatic rings. The number of ketones is 1. The molecule has 1 unspecified atom stereocenters. The van der Waals surface area contributed by atoms with Gasteiger partial charge in [-0.1, -0.05) is 65.7 Å². The molecule has 1 N–H and O–H groups in total. The molecule has 4 aromatic carbocycles. The van der Waals surface area contributed by atoms with Gasteiger partial charge in [0.25, 0.3) is 0 Å². The van der Waals surface area contributed by atoms with Crippen LogP contribution < -0.4 is 15.7 Å². The molecule has 6 rings (SSSR count). The number of para-hydroxylation sites is 2. The highest BCUT2D eigenvalue weighted by Gasteiger charge is 2.39. The summed E-state index contributed by atoms with van der Waals surface area (Å²) in [6.07, 6.45) is 0. The number of fused-ring (bicyclic) bond motifs is 3. The molecule has 0 saturated heterocycles. The van der Waals surface area contributed by atoms with Crippen LogP contribution in [0.4, 0.5) is 5.69 Å². The monoisotopic (exact) mass is 539 g/mol. The topological polar surface area (TPSA) is 68.5 Å². The summed E-state index contributed by atoms with van der Waals surface area (Å²) in [7, 11) is 0. The molecule has 0 amide bonds. The van der Waals surface area contributed by atoms with Gasteiger partial charge in [0.2, 0.25) is 5.88 Å². The number of carbonyl (C=O) groups excluding carboxylic acids is 1. The van der Waals surface area contributed by atoms with Gasteiger partial charge < -0.3 is 14.5 Å². The number of Topliss-reactive ketones (excluding diaryl/α,β-unsaturated/α-hetero) is 1. The van der Waals surface area contributed by atoms with Gasteiger partial charge in [0.05, 0.1) is 22.4 Å². The quantitative estimate of drug-likeness (QED) is 0.182. The summed E-state index contributed by atoms with van der Waals surface area (Å²) in [6.45, 7) is 0. The first-order chi connectivity index (χ1) is 18.5. The van der Waals surface area contributed by atoms with Crippen LogP contribution in [0.5, 0.6) is 5.75 Å². The maximum atomic E-state index is 14.2. The van der Waals surface area contributed by atoms with Crippen molar-refractivity contribution in [1.29, 1.82) is 0 Å². The van der Waals surface area contributed by atoms with Crippen LogP contribution in [-0.4, -0.2) is 5.78 Å². The Hall–Kier alpha value is -4.32. The molecule has 1 aliphatic heterocycles. The second kappa shape index (κ2) is 9.86. The van der Waals surface area contributed by atoms with Crippen molar-refractivity contribution in [3.05, 3.63) is 152 Å². The Balaban J connectivity index is 1.66. The van der Waals surface area contributed by atoms with E-state index < -0.39 is 11.5 Å². The van der Waals surface area contributed by atoms with Gasteiger partial charge >= 0.3 is 5.63 Å². The van der Waals surface area contributed by atoms with Crippen molar-refractivity contribution in [3.63, 3.8) is 0 Å². The molecule has 0 saturated carbocycles. The van der Waals surface area contributed by atoms with Crippen LogP contribution in [0, 0.1) is 0 Å². The number of carbonyl (C=O) groups is 1. The summed E-state index contributed by atoms with van der Waals surface area (Å²) in [5, 5.41) is 4.93. The molecule has 186 valence electrons. The minimum Gasteiger partial charge on any atom is -0.439 e. The summed E-state index contributed by atoms with van der Waals surface area (Å²) in [4.78, 5) is 27.7. The van der Waals surface area contributed by atoms with Crippen LogP contribution in [0.25, 0.3) is 11.0 Å². The molecule has 1 atom stereocenters. The molecule has 1 aromatic heterocycles. The molecule has 0 radical (unpaired) electrons. The van der Waals surface area contributed by atoms with E-state index in [2.05, 4.69) is 5.32 Å². The lowest BCUT2D eigenvalue weighted by Gasteiger charge is -2.30. The molecular weight excluding hydrogens is 521 g/mol. The van der Waals surface area contributed by atoms with E-state index in [1.807, 2.05) is 42.5 Å². The predicted octanol–water partition coefficient (Wildman–Crippen LogP) is 7.83. The van der Waals surface area contributed by atoms with Gasteiger partial charge in [0.15, 0.2) is 11.5 Å². The molecule has 5 nitrogen and oxygen atoms in total. The highest BCUT2D eigenvalue weighted by Crippen LogP contribution is 2.46. The van der Waals surface area contributed by atoms with Crippen molar-refractivity contribution in [2.75, 3.05) is 5.32 Å². The second-order valence-corrected chi connectivity index (χ2v) is 9.66. The number of anilines is 1. The van der Waals surface area contributed by atoms with E-state index in [1.165, 1.54) is 0 Å². The molecule has 0 aliphatic carbocycles. The van der Waals surface area contributed by atoms with E-state index >= 15 is 0 Å². The van der Waals surface area contributed by atoms with Gasteiger partial charge in [-0.3, -0.25) is 4.79 Å². The van der Waals surface area contributed by atoms with Crippen LogP contribution in [0.3, 0.4) is 0 Å². The summed E-state index contributed by atoms with van der Waals surface area (Å²) in [6, 6.07) is 30.2. The molecule has 7 heteroatoms. The van der Waals surface area contributed by atoms with Crippen molar-refractivity contribution in [3.8, 4) is 5.75 Å². The zero-order chi connectivity index (χ0) is 26.2. The summed E-state index contributed by atoms with van der Waals surface area (Å²) < 4.78 is 12.1. The number of halogens is 2. The molecule has 0 fully saturated rings. The Morgan fingerprint density at radius 2 is 1.39 bits per heavy atom. The Morgan fingerprint density at radius 1 is 0.763 bits per heavy atom. The normalized spacial score (nSPS) is 14.6. The van der Waals surface area contributed by atoms with Gasteiger partial charge in [-0.05, 0) is 66.2 Å². The van der Waals surface area contributed by atoms with Crippen LogP contribution in [0.1, 0.15) is 27.4 Å². The number of nitrogens with one attached hydrogen (secondary N) is 1. The van der Waals surface area contributed by atoms with Crippen molar-refractivity contribution >= 4 is 45.6 Å². The minimum absolute atomic E-state index is 0.222. The van der Waals surface area contributed by atoms with Crippen LogP contribution >= 0.6 is 23.2 Å². The first-order valence-electron chi connectivity index (χ1n) is 11.8. The maximum Gasteiger partial charge on any atom is 0.344 e. The molecule has 0 spiro atoms. The number of benzene rings is 4. The Labute approximate surface area is 227 Å². The average Bonchev–Trinajstić information content (AvgIpc) is 2.93. The first kappa shape index (κ1) is 24.0. The average molecular weight is 540 g/mol. The van der Waals surface area contributed by atoms with Crippen molar-refractivity contribution in [2.45, 2.75) is 5.92 Å². The number of ether oxygens (including phenoxy) is 1. The van der Waals surface area contributed by atoms with Crippen LogP contribution in [-0.2, 0) is 0 Å².